The molecule has 2 aromatic rings. The molecule has 4 rings (SSSR count). The van der Waals surface area contributed by atoms with Gasteiger partial charge in [0.1, 0.15) is 0 Å². The quantitative estimate of drug-likeness (QED) is 0.799. The first-order valence-corrected chi connectivity index (χ1v) is 10.6. The van der Waals surface area contributed by atoms with E-state index in [1.807, 2.05) is 4.68 Å². The lowest BCUT2D eigenvalue weighted by molar-refractivity contribution is 0.548. The Bertz CT molecular complexity index is 899. The molecule has 2 aliphatic carbocycles. The van der Waals surface area contributed by atoms with E-state index in [0.717, 1.165) is 0 Å². The molecule has 0 amide bonds. The van der Waals surface area contributed by atoms with Gasteiger partial charge in [-0.1, -0.05) is 17.7 Å². The lowest BCUT2D eigenvalue weighted by Crippen LogP contribution is -2.28. The minimum Gasteiger partial charge on any atom is -0.268 e. The zero-order valence-electron chi connectivity index (χ0n) is 14.2. The molecular formula is C18H22ClN3O2S. The first-order valence-electron chi connectivity index (χ1n) is 8.78. The van der Waals surface area contributed by atoms with E-state index < -0.39 is 10.0 Å². The molecule has 0 unspecified atom stereocenters. The van der Waals surface area contributed by atoms with E-state index in [1.54, 1.807) is 25.1 Å². The lowest BCUT2D eigenvalue weighted by atomic mass is 10.2. The van der Waals surface area contributed by atoms with Gasteiger partial charge in [0, 0.05) is 29.1 Å². The van der Waals surface area contributed by atoms with Gasteiger partial charge in [-0.2, -0.15) is 5.10 Å². The third kappa shape index (κ3) is 3.61. The van der Waals surface area contributed by atoms with Crippen LogP contribution in [0.1, 0.15) is 54.5 Å². The maximum Gasteiger partial charge on any atom is 0.240 e. The van der Waals surface area contributed by atoms with Crippen molar-refractivity contribution >= 4 is 21.6 Å². The number of hydrogen-bond donors (Lipinski definition) is 1. The van der Waals surface area contributed by atoms with Crippen molar-refractivity contribution in [3.63, 3.8) is 0 Å². The maximum absolute atomic E-state index is 12.6. The molecule has 7 heteroatoms. The van der Waals surface area contributed by atoms with Crippen molar-refractivity contribution in [3.05, 3.63) is 46.2 Å². The Morgan fingerprint density at radius 1 is 1.24 bits per heavy atom. The van der Waals surface area contributed by atoms with Crippen LogP contribution in [-0.2, 0) is 16.6 Å². The number of nitrogens with zero attached hydrogens (tertiary/aromatic N) is 2. The Kier molecular flexibility index (Phi) is 4.38. The van der Waals surface area contributed by atoms with Gasteiger partial charge in [-0.05, 0) is 56.4 Å². The monoisotopic (exact) mass is 379 g/mol. The van der Waals surface area contributed by atoms with Crippen LogP contribution in [0.15, 0.2) is 29.2 Å². The van der Waals surface area contributed by atoms with E-state index in [9.17, 15) is 8.42 Å². The third-order valence-electron chi connectivity index (χ3n) is 4.94. The highest BCUT2D eigenvalue weighted by atomic mass is 35.5. The van der Waals surface area contributed by atoms with Crippen LogP contribution in [0.2, 0.25) is 5.02 Å². The highest BCUT2D eigenvalue weighted by Crippen LogP contribution is 2.44. The van der Waals surface area contributed by atoms with E-state index in [1.165, 1.54) is 37.1 Å². The summed E-state index contributed by atoms with van der Waals surface area (Å²) in [6.45, 7) is 2.59. The first kappa shape index (κ1) is 17.1. The summed E-state index contributed by atoms with van der Waals surface area (Å²) in [6, 6.07) is 7.16. The van der Waals surface area contributed by atoms with Crippen LogP contribution >= 0.6 is 11.6 Å². The van der Waals surface area contributed by atoms with Crippen molar-refractivity contribution in [1.29, 1.82) is 0 Å². The summed E-state index contributed by atoms with van der Waals surface area (Å²) in [7, 11) is -3.57. The highest BCUT2D eigenvalue weighted by molar-refractivity contribution is 7.89. The second-order valence-electron chi connectivity index (χ2n) is 7.03. The van der Waals surface area contributed by atoms with E-state index in [2.05, 4.69) is 10.8 Å². The molecule has 2 aliphatic rings. The molecule has 0 radical (unpaired) electrons. The van der Waals surface area contributed by atoms with E-state index in [4.69, 9.17) is 16.7 Å². The van der Waals surface area contributed by atoms with Gasteiger partial charge in [-0.25, -0.2) is 13.1 Å². The average molecular weight is 380 g/mol. The van der Waals surface area contributed by atoms with Gasteiger partial charge in [0.2, 0.25) is 10.0 Å². The van der Waals surface area contributed by atoms with Crippen LogP contribution in [-0.4, -0.2) is 24.7 Å². The molecule has 0 aliphatic heterocycles. The van der Waals surface area contributed by atoms with Crippen molar-refractivity contribution in [2.75, 3.05) is 6.54 Å². The van der Waals surface area contributed by atoms with Gasteiger partial charge in [-0.15, -0.1) is 0 Å². The Labute approximate surface area is 153 Å². The predicted molar refractivity (Wildman–Crippen MR) is 97.6 cm³/mol. The van der Waals surface area contributed by atoms with Crippen LogP contribution in [0, 0.1) is 6.92 Å². The molecule has 134 valence electrons. The molecule has 1 aromatic carbocycles. The largest absolute Gasteiger partial charge is 0.268 e. The summed E-state index contributed by atoms with van der Waals surface area (Å²) >= 11 is 6.04. The van der Waals surface area contributed by atoms with E-state index in [0.29, 0.717) is 35.5 Å². The fourth-order valence-corrected chi connectivity index (χ4v) is 4.68. The average Bonchev–Trinajstić information content (AvgIpc) is 3.48. The van der Waals surface area contributed by atoms with Crippen molar-refractivity contribution in [2.45, 2.75) is 55.9 Å². The van der Waals surface area contributed by atoms with Crippen LogP contribution < -0.4 is 4.72 Å². The molecule has 1 N–H and O–H groups in total. The van der Waals surface area contributed by atoms with Crippen molar-refractivity contribution in [1.82, 2.24) is 14.5 Å². The van der Waals surface area contributed by atoms with Crippen LogP contribution in [0.3, 0.4) is 0 Å². The zero-order chi connectivity index (χ0) is 17.6. The first-order chi connectivity index (χ1) is 12.0. The van der Waals surface area contributed by atoms with Gasteiger partial charge < -0.3 is 0 Å². The van der Waals surface area contributed by atoms with Crippen LogP contribution in [0.4, 0.5) is 0 Å². The van der Waals surface area contributed by atoms with Crippen molar-refractivity contribution in [3.8, 4) is 0 Å². The number of sulfonamides is 1. The van der Waals surface area contributed by atoms with Gasteiger partial charge in [0.15, 0.2) is 0 Å². The molecule has 0 atom stereocenters. The van der Waals surface area contributed by atoms with Crippen LogP contribution in [0.25, 0.3) is 0 Å². The molecular weight excluding hydrogens is 358 g/mol. The second-order valence-corrected chi connectivity index (χ2v) is 9.17. The SMILES string of the molecule is Cc1c(Cl)cccc1S(=O)(=O)NCCn1nc(C2CC2)cc1C1CC1. The summed E-state index contributed by atoms with van der Waals surface area (Å²) in [5.74, 6) is 1.22. The van der Waals surface area contributed by atoms with E-state index >= 15 is 0 Å². The Hall–Kier alpha value is -1.37. The fourth-order valence-electron chi connectivity index (χ4n) is 3.16. The number of nitrogens with one attached hydrogen (secondary N) is 1. The summed E-state index contributed by atoms with van der Waals surface area (Å²) < 4.78 is 29.8. The van der Waals surface area contributed by atoms with Gasteiger partial charge in [-0.3, -0.25) is 4.68 Å². The minimum absolute atomic E-state index is 0.238. The summed E-state index contributed by atoms with van der Waals surface area (Å²) in [4.78, 5) is 0.238. The number of halogens is 1. The summed E-state index contributed by atoms with van der Waals surface area (Å²) in [6.07, 6.45) is 4.87. The predicted octanol–water partition coefficient (Wildman–Crippen LogP) is 3.58. The Balaban J connectivity index is 1.46. The molecule has 0 bridgehead atoms. The van der Waals surface area contributed by atoms with Crippen molar-refractivity contribution in [2.24, 2.45) is 0 Å². The number of hydrogen-bond acceptors (Lipinski definition) is 3. The second kappa shape index (κ2) is 6.41. The molecule has 2 saturated carbocycles. The minimum atomic E-state index is -3.57. The molecule has 25 heavy (non-hydrogen) atoms. The topological polar surface area (TPSA) is 64.0 Å². The van der Waals surface area contributed by atoms with Gasteiger partial charge in [0.05, 0.1) is 17.1 Å². The summed E-state index contributed by atoms with van der Waals surface area (Å²) in [5.41, 5.74) is 3.01. The number of benzene rings is 1. The smallest absolute Gasteiger partial charge is 0.240 e. The molecule has 2 fully saturated rings. The number of rotatable bonds is 7. The molecule has 5 nitrogen and oxygen atoms in total. The lowest BCUT2D eigenvalue weighted by Gasteiger charge is -2.11. The molecule has 1 heterocycles. The fraction of sp³-hybridized carbons (Fsp3) is 0.500. The Morgan fingerprint density at radius 3 is 2.64 bits per heavy atom. The summed E-state index contributed by atoms with van der Waals surface area (Å²) in [5, 5.41) is 5.18. The van der Waals surface area contributed by atoms with Crippen molar-refractivity contribution < 1.29 is 8.42 Å². The Morgan fingerprint density at radius 2 is 1.96 bits per heavy atom. The molecule has 0 spiro atoms. The number of aromatic nitrogens is 2. The third-order valence-corrected chi connectivity index (χ3v) is 6.96. The van der Waals surface area contributed by atoms with E-state index in [-0.39, 0.29) is 4.90 Å². The highest BCUT2D eigenvalue weighted by Gasteiger charge is 2.32. The molecule has 0 saturated heterocycles. The normalized spacial score (nSPS) is 17.8. The standard InChI is InChI=1S/C18H22ClN3O2S/c1-12-15(19)3-2-4-18(12)25(23,24)20-9-10-22-17(14-7-8-14)11-16(21-22)13-5-6-13/h2-4,11,13-14,20H,5-10H2,1H3. The zero-order valence-corrected chi connectivity index (χ0v) is 15.8. The molecule has 1 aromatic heterocycles. The maximum atomic E-state index is 12.6. The van der Waals surface area contributed by atoms with Gasteiger partial charge in [0.25, 0.3) is 0 Å². The van der Waals surface area contributed by atoms with Gasteiger partial charge >= 0.3 is 0 Å². The van der Waals surface area contributed by atoms with Crippen LogP contribution in [0.5, 0.6) is 0 Å².